The third-order valence-electron chi connectivity index (χ3n) is 3.80. The molecule has 1 aliphatic rings. The molecule has 2 amide bonds. The van der Waals surface area contributed by atoms with Crippen molar-refractivity contribution >= 4 is 11.8 Å². The Morgan fingerprint density at radius 2 is 1.80 bits per heavy atom. The molecule has 20 heavy (non-hydrogen) atoms. The van der Waals surface area contributed by atoms with Crippen molar-refractivity contribution in [3.8, 4) is 0 Å². The summed E-state index contributed by atoms with van der Waals surface area (Å²) in [5.74, 6) is 0.381. The van der Waals surface area contributed by atoms with Crippen molar-refractivity contribution in [2.75, 3.05) is 53.4 Å². The monoisotopic (exact) mass is 284 g/mol. The second kappa shape index (κ2) is 8.21. The highest BCUT2D eigenvalue weighted by Crippen LogP contribution is 2.12. The summed E-state index contributed by atoms with van der Waals surface area (Å²) in [6, 6.07) is 0. The van der Waals surface area contributed by atoms with Crippen molar-refractivity contribution in [3.05, 3.63) is 0 Å². The van der Waals surface area contributed by atoms with E-state index in [2.05, 4.69) is 4.90 Å². The molecule has 6 nitrogen and oxygen atoms in total. The SMILES string of the molecule is CC(CCCN)C(=O)N1CCN(CC(=O)N(C)C)CC1. The maximum absolute atomic E-state index is 12.2. The van der Waals surface area contributed by atoms with Crippen molar-refractivity contribution in [3.63, 3.8) is 0 Å². The number of piperazine rings is 1. The predicted molar refractivity (Wildman–Crippen MR) is 79.2 cm³/mol. The zero-order chi connectivity index (χ0) is 15.1. The van der Waals surface area contributed by atoms with Gasteiger partial charge in [-0.3, -0.25) is 14.5 Å². The van der Waals surface area contributed by atoms with Gasteiger partial charge in [0.2, 0.25) is 11.8 Å². The normalized spacial score (nSPS) is 17.9. The number of carbonyl (C=O) groups is 2. The van der Waals surface area contributed by atoms with Gasteiger partial charge in [0, 0.05) is 46.2 Å². The first-order valence-electron chi connectivity index (χ1n) is 7.37. The molecular formula is C14H28N4O2. The lowest BCUT2D eigenvalue weighted by Crippen LogP contribution is -2.52. The van der Waals surface area contributed by atoms with E-state index in [1.165, 1.54) is 0 Å². The molecule has 1 saturated heterocycles. The maximum atomic E-state index is 12.2. The zero-order valence-electron chi connectivity index (χ0n) is 13.0. The van der Waals surface area contributed by atoms with E-state index in [4.69, 9.17) is 5.73 Å². The fraction of sp³-hybridized carbons (Fsp3) is 0.857. The molecule has 0 spiro atoms. The van der Waals surface area contributed by atoms with E-state index in [0.717, 1.165) is 25.9 Å². The summed E-state index contributed by atoms with van der Waals surface area (Å²) < 4.78 is 0. The lowest BCUT2D eigenvalue weighted by Gasteiger charge is -2.36. The van der Waals surface area contributed by atoms with E-state index in [9.17, 15) is 9.59 Å². The molecule has 1 fully saturated rings. The Morgan fingerprint density at radius 1 is 1.20 bits per heavy atom. The molecule has 0 aliphatic carbocycles. The van der Waals surface area contributed by atoms with Crippen LogP contribution in [-0.2, 0) is 9.59 Å². The molecule has 1 atom stereocenters. The lowest BCUT2D eigenvalue weighted by molar-refractivity contribution is -0.137. The third-order valence-corrected chi connectivity index (χ3v) is 3.80. The van der Waals surface area contributed by atoms with Crippen LogP contribution in [0.1, 0.15) is 19.8 Å². The Bertz CT molecular complexity index is 325. The first-order valence-corrected chi connectivity index (χ1v) is 7.37. The van der Waals surface area contributed by atoms with E-state index < -0.39 is 0 Å². The van der Waals surface area contributed by atoms with Crippen LogP contribution in [0.15, 0.2) is 0 Å². The average molecular weight is 284 g/mol. The summed E-state index contributed by atoms with van der Waals surface area (Å²) in [6.45, 7) is 6.03. The Balaban J connectivity index is 2.34. The number of carbonyl (C=O) groups excluding carboxylic acids is 2. The number of nitrogens with zero attached hydrogens (tertiary/aromatic N) is 3. The number of hydrogen-bond acceptors (Lipinski definition) is 4. The molecular weight excluding hydrogens is 256 g/mol. The summed E-state index contributed by atoms with van der Waals surface area (Å²) in [6.07, 6.45) is 1.75. The van der Waals surface area contributed by atoms with Gasteiger partial charge in [-0.25, -0.2) is 0 Å². The van der Waals surface area contributed by atoms with Gasteiger partial charge in [0.1, 0.15) is 0 Å². The number of amides is 2. The van der Waals surface area contributed by atoms with E-state index in [-0.39, 0.29) is 17.7 Å². The van der Waals surface area contributed by atoms with Gasteiger partial charge in [-0.15, -0.1) is 0 Å². The molecule has 2 N–H and O–H groups in total. The molecule has 0 bridgehead atoms. The second-order valence-electron chi connectivity index (χ2n) is 5.72. The van der Waals surface area contributed by atoms with Crippen molar-refractivity contribution in [2.24, 2.45) is 11.7 Å². The number of hydrogen-bond donors (Lipinski definition) is 1. The molecule has 0 aromatic heterocycles. The van der Waals surface area contributed by atoms with Crippen LogP contribution in [-0.4, -0.2) is 79.9 Å². The average Bonchev–Trinajstić information content (AvgIpc) is 2.44. The van der Waals surface area contributed by atoms with Gasteiger partial charge in [0.25, 0.3) is 0 Å². The molecule has 1 aliphatic heterocycles. The summed E-state index contributed by atoms with van der Waals surface area (Å²) in [5.41, 5.74) is 5.48. The van der Waals surface area contributed by atoms with Crippen LogP contribution in [0.3, 0.4) is 0 Å². The molecule has 1 heterocycles. The Hall–Kier alpha value is -1.14. The topological polar surface area (TPSA) is 69.9 Å². The van der Waals surface area contributed by atoms with Gasteiger partial charge in [-0.2, -0.15) is 0 Å². The number of nitrogens with two attached hydrogens (primary N) is 1. The Kier molecular flexibility index (Phi) is 6.95. The summed E-state index contributed by atoms with van der Waals surface area (Å²) in [7, 11) is 3.53. The molecule has 6 heteroatoms. The van der Waals surface area contributed by atoms with Gasteiger partial charge >= 0.3 is 0 Å². The van der Waals surface area contributed by atoms with Crippen LogP contribution < -0.4 is 5.73 Å². The van der Waals surface area contributed by atoms with Gasteiger partial charge < -0.3 is 15.5 Å². The van der Waals surface area contributed by atoms with Crippen molar-refractivity contribution < 1.29 is 9.59 Å². The summed E-state index contributed by atoms with van der Waals surface area (Å²) in [4.78, 5) is 29.5. The minimum atomic E-state index is 0.0495. The van der Waals surface area contributed by atoms with Crippen LogP contribution in [0, 0.1) is 5.92 Å². The lowest BCUT2D eigenvalue weighted by atomic mass is 10.0. The molecule has 0 aromatic carbocycles. The standard InChI is InChI=1S/C14H28N4O2/c1-12(5-4-6-15)14(20)18-9-7-17(8-10-18)11-13(19)16(2)3/h12H,4-11,15H2,1-3H3. The van der Waals surface area contributed by atoms with Crippen molar-refractivity contribution in [1.82, 2.24) is 14.7 Å². The fourth-order valence-electron chi connectivity index (χ4n) is 2.32. The van der Waals surface area contributed by atoms with Gasteiger partial charge in [-0.1, -0.05) is 6.92 Å². The molecule has 1 rings (SSSR count). The Labute approximate surface area is 121 Å². The van der Waals surface area contributed by atoms with Gasteiger partial charge in [0.15, 0.2) is 0 Å². The van der Waals surface area contributed by atoms with Crippen molar-refractivity contribution in [2.45, 2.75) is 19.8 Å². The second-order valence-corrected chi connectivity index (χ2v) is 5.72. The van der Waals surface area contributed by atoms with Crippen LogP contribution in [0.2, 0.25) is 0 Å². The largest absolute Gasteiger partial charge is 0.348 e. The van der Waals surface area contributed by atoms with Gasteiger partial charge in [0.05, 0.1) is 6.54 Å². The quantitative estimate of drug-likeness (QED) is 0.720. The van der Waals surface area contributed by atoms with Crippen LogP contribution >= 0.6 is 0 Å². The maximum Gasteiger partial charge on any atom is 0.236 e. The molecule has 0 saturated carbocycles. The predicted octanol–water partition coefficient (Wildman–Crippen LogP) is -0.406. The smallest absolute Gasteiger partial charge is 0.236 e. The first-order chi connectivity index (χ1) is 9.45. The minimum absolute atomic E-state index is 0.0495. The highest BCUT2D eigenvalue weighted by Gasteiger charge is 2.25. The number of likely N-dealkylation sites (N-methyl/N-ethyl adjacent to an activating group) is 1. The van der Waals surface area contributed by atoms with E-state index in [1.807, 2.05) is 11.8 Å². The first kappa shape index (κ1) is 16.9. The Morgan fingerprint density at radius 3 is 2.30 bits per heavy atom. The van der Waals surface area contributed by atoms with Crippen molar-refractivity contribution in [1.29, 1.82) is 0 Å². The molecule has 0 radical (unpaired) electrons. The highest BCUT2D eigenvalue weighted by atomic mass is 16.2. The molecule has 0 aromatic rings. The van der Waals surface area contributed by atoms with Crippen LogP contribution in [0.5, 0.6) is 0 Å². The van der Waals surface area contributed by atoms with E-state index in [0.29, 0.717) is 26.2 Å². The van der Waals surface area contributed by atoms with E-state index >= 15 is 0 Å². The molecule has 1 unspecified atom stereocenters. The highest BCUT2D eigenvalue weighted by molar-refractivity contribution is 5.79. The number of rotatable bonds is 6. The minimum Gasteiger partial charge on any atom is -0.348 e. The third kappa shape index (κ3) is 5.09. The fourth-order valence-corrected chi connectivity index (χ4v) is 2.32. The van der Waals surface area contributed by atoms with E-state index in [1.54, 1.807) is 19.0 Å². The van der Waals surface area contributed by atoms with Gasteiger partial charge in [-0.05, 0) is 19.4 Å². The summed E-state index contributed by atoms with van der Waals surface area (Å²) in [5, 5.41) is 0. The van der Waals surface area contributed by atoms with Crippen LogP contribution in [0.25, 0.3) is 0 Å². The van der Waals surface area contributed by atoms with Crippen LogP contribution in [0.4, 0.5) is 0 Å². The zero-order valence-corrected chi connectivity index (χ0v) is 13.0. The molecule has 116 valence electrons. The summed E-state index contributed by atoms with van der Waals surface area (Å²) >= 11 is 0.